The molecule has 36 heavy (non-hydrogen) atoms. The van der Waals surface area contributed by atoms with Crippen molar-refractivity contribution in [1.29, 1.82) is 0 Å². The van der Waals surface area contributed by atoms with E-state index in [9.17, 15) is 9.59 Å². The minimum Gasteiger partial charge on any atom is -0.484 e. The molecule has 9 heteroatoms. The van der Waals surface area contributed by atoms with Gasteiger partial charge in [-0.05, 0) is 73.0 Å². The van der Waals surface area contributed by atoms with E-state index < -0.39 is 0 Å². The lowest BCUT2D eigenvalue weighted by atomic mass is 10.1. The average molecular weight is 519 g/mol. The largest absolute Gasteiger partial charge is 0.484 e. The summed E-state index contributed by atoms with van der Waals surface area (Å²) in [6, 6.07) is 18.2. The van der Waals surface area contributed by atoms with Gasteiger partial charge in [-0.1, -0.05) is 42.2 Å². The second kappa shape index (κ2) is 10.0. The van der Waals surface area contributed by atoms with Crippen LogP contribution < -0.4 is 24.4 Å². The molecule has 0 atom stereocenters. The van der Waals surface area contributed by atoms with E-state index in [0.717, 1.165) is 16.8 Å². The Kier molecular flexibility index (Phi) is 6.67. The monoisotopic (exact) mass is 518 g/mol. The molecule has 2 aliphatic heterocycles. The maximum atomic E-state index is 13.1. The van der Waals surface area contributed by atoms with E-state index in [-0.39, 0.29) is 25.2 Å². The Morgan fingerprint density at radius 3 is 2.61 bits per heavy atom. The number of carbonyl (C=O) groups is 2. The Morgan fingerprint density at radius 2 is 1.83 bits per heavy atom. The fourth-order valence-electron chi connectivity index (χ4n) is 3.69. The summed E-state index contributed by atoms with van der Waals surface area (Å²) in [6.45, 7) is 4.07. The van der Waals surface area contributed by atoms with Crippen molar-refractivity contribution >= 4 is 57.6 Å². The predicted molar refractivity (Wildman–Crippen MR) is 145 cm³/mol. The van der Waals surface area contributed by atoms with Gasteiger partial charge in [0.2, 0.25) is 6.79 Å². The zero-order chi connectivity index (χ0) is 25.2. The molecule has 2 heterocycles. The molecular formula is C27H22N2O5S2. The number of carbonyl (C=O) groups excluding carboxylic acids is 2. The molecule has 0 unspecified atom stereocenters. The Labute approximate surface area is 218 Å². The number of fused-ring (bicyclic) bond motifs is 1. The van der Waals surface area contributed by atoms with Crippen molar-refractivity contribution in [2.24, 2.45) is 0 Å². The number of aryl methyl sites for hydroxylation is 2. The molecule has 5 rings (SSSR count). The molecule has 3 aromatic rings. The molecule has 1 N–H and O–H groups in total. The van der Waals surface area contributed by atoms with E-state index >= 15 is 0 Å². The first-order valence-corrected chi connectivity index (χ1v) is 12.4. The third-order valence-corrected chi connectivity index (χ3v) is 7.05. The summed E-state index contributed by atoms with van der Waals surface area (Å²) in [4.78, 5) is 27.3. The highest BCUT2D eigenvalue weighted by molar-refractivity contribution is 8.27. The summed E-state index contributed by atoms with van der Waals surface area (Å²) in [5.41, 5.74) is 4.46. The molecule has 0 aliphatic carbocycles. The number of thiocarbonyl (C=S) groups is 1. The Hall–Kier alpha value is -3.82. The second-order valence-corrected chi connectivity index (χ2v) is 9.94. The molecule has 0 aromatic heterocycles. The van der Waals surface area contributed by atoms with Crippen LogP contribution in [-0.4, -0.2) is 29.5 Å². The van der Waals surface area contributed by atoms with Crippen molar-refractivity contribution in [2.75, 3.05) is 23.6 Å². The first kappa shape index (κ1) is 23.9. The van der Waals surface area contributed by atoms with Gasteiger partial charge in [-0.2, -0.15) is 0 Å². The van der Waals surface area contributed by atoms with Crippen molar-refractivity contribution in [2.45, 2.75) is 13.8 Å². The van der Waals surface area contributed by atoms with Gasteiger partial charge in [-0.25, -0.2) is 0 Å². The van der Waals surface area contributed by atoms with Gasteiger partial charge in [0.25, 0.3) is 11.8 Å². The molecule has 1 fully saturated rings. The average Bonchev–Trinajstić information content (AvgIpc) is 3.44. The van der Waals surface area contributed by atoms with Crippen LogP contribution in [0.25, 0.3) is 6.08 Å². The van der Waals surface area contributed by atoms with Gasteiger partial charge in [-0.3, -0.25) is 14.5 Å². The summed E-state index contributed by atoms with van der Waals surface area (Å²) in [7, 11) is 0. The van der Waals surface area contributed by atoms with Crippen LogP contribution in [0.4, 0.5) is 11.4 Å². The molecule has 0 spiro atoms. The maximum Gasteiger partial charge on any atom is 0.270 e. The highest BCUT2D eigenvalue weighted by Gasteiger charge is 2.34. The van der Waals surface area contributed by atoms with E-state index in [2.05, 4.69) is 5.32 Å². The zero-order valence-corrected chi connectivity index (χ0v) is 21.2. The number of hydrogen-bond donors (Lipinski definition) is 1. The van der Waals surface area contributed by atoms with Gasteiger partial charge in [-0.15, -0.1) is 0 Å². The minimum atomic E-state index is -0.241. The number of benzene rings is 3. The van der Waals surface area contributed by atoms with Crippen molar-refractivity contribution in [3.63, 3.8) is 0 Å². The number of rotatable bonds is 6. The van der Waals surface area contributed by atoms with E-state index in [1.807, 2.05) is 44.2 Å². The van der Waals surface area contributed by atoms with Crippen LogP contribution in [0.15, 0.2) is 65.6 Å². The number of ether oxygens (including phenoxy) is 3. The molecule has 2 aliphatic rings. The molecule has 182 valence electrons. The number of thioether (sulfide) groups is 1. The smallest absolute Gasteiger partial charge is 0.270 e. The maximum absolute atomic E-state index is 13.1. The van der Waals surface area contributed by atoms with Crippen molar-refractivity contribution in [1.82, 2.24) is 0 Å². The van der Waals surface area contributed by atoms with Crippen molar-refractivity contribution < 1.29 is 23.8 Å². The lowest BCUT2D eigenvalue weighted by Crippen LogP contribution is -2.27. The van der Waals surface area contributed by atoms with E-state index in [1.54, 1.807) is 36.4 Å². The van der Waals surface area contributed by atoms with Gasteiger partial charge >= 0.3 is 0 Å². The first-order valence-electron chi connectivity index (χ1n) is 11.1. The van der Waals surface area contributed by atoms with E-state index in [1.165, 1.54) is 22.2 Å². The summed E-state index contributed by atoms with van der Waals surface area (Å²) in [5, 5.41) is 2.83. The predicted octanol–water partition coefficient (Wildman–Crippen LogP) is 5.46. The van der Waals surface area contributed by atoms with Crippen LogP contribution >= 0.6 is 24.0 Å². The molecule has 3 aromatic carbocycles. The van der Waals surface area contributed by atoms with Crippen molar-refractivity contribution in [3.8, 4) is 17.2 Å². The van der Waals surface area contributed by atoms with Gasteiger partial charge in [0, 0.05) is 11.8 Å². The molecule has 0 saturated carbocycles. The zero-order valence-electron chi connectivity index (χ0n) is 19.6. The SMILES string of the molecule is Cc1ccc(NC(=O)COc2ccc(/C=C3\SC(=S)N(c4ccc5c(c4)OCO5)C3=O)cc2)cc1C. The number of amides is 2. The van der Waals surface area contributed by atoms with Crippen LogP contribution in [-0.2, 0) is 9.59 Å². The molecule has 7 nitrogen and oxygen atoms in total. The van der Waals surface area contributed by atoms with Crippen molar-refractivity contribution in [3.05, 3.63) is 82.3 Å². The number of hydrogen-bond acceptors (Lipinski definition) is 7. The van der Waals surface area contributed by atoms with Crippen LogP contribution in [0.2, 0.25) is 0 Å². The molecule has 2 amide bonds. The Balaban J connectivity index is 1.20. The lowest BCUT2D eigenvalue weighted by molar-refractivity contribution is -0.118. The molecule has 1 saturated heterocycles. The third-order valence-electron chi connectivity index (χ3n) is 5.75. The van der Waals surface area contributed by atoms with Gasteiger partial charge in [0.05, 0.1) is 10.6 Å². The first-order chi connectivity index (χ1) is 17.4. The summed E-state index contributed by atoms with van der Waals surface area (Å²) >= 11 is 6.70. The van der Waals surface area contributed by atoms with Gasteiger partial charge < -0.3 is 19.5 Å². The summed E-state index contributed by atoms with van der Waals surface area (Å²) in [5.74, 6) is 1.34. The van der Waals surface area contributed by atoms with Crippen LogP contribution in [0.3, 0.4) is 0 Å². The van der Waals surface area contributed by atoms with E-state index in [0.29, 0.717) is 32.2 Å². The number of anilines is 2. The fraction of sp³-hybridized carbons (Fsp3) is 0.148. The molecule has 0 radical (unpaired) electrons. The number of nitrogens with one attached hydrogen (secondary N) is 1. The summed E-state index contributed by atoms with van der Waals surface area (Å²) < 4.78 is 16.8. The Bertz CT molecular complexity index is 1400. The van der Waals surface area contributed by atoms with E-state index in [4.69, 9.17) is 26.4 Å². The highest BCUT2D eigenvalue weighted by Crippen LogP contribution is 2.40. The quantitative estimate of drug-likeness (QED) is 0.343. The molecule has 0 bridgehead atoms. The van der Waals surface area contributed by atoms with Crippen LogP contribution in [0.1, 0.15) is 16.7 Å². The van der Waals surface area contributed by atoms with Gasteiger partial charge in [0.1, 0.15) is 5.75 Å². The fourth-order valence-corrected chi connectivity index (χ4v) is 4.99. The normalized spacial score (nSPS) is 15.5. The standard InChI is InChI=1S/C27H22N2O5S2/c1-16-3-6-19(11-17(16)2)28-25(30)14-32-21-8-4-18(5-9-21)12-24-26(31)29(27(35)36-24)20-7-10-22-23(13-20)34-15-33-22/h3-13H,14-15H2,1-2H3,(H,28,30)/b24-12-. The van der Waals surface area contributed by atoms with Gasteiger partial charge in [0.15, 0.2) is 22.4 Å². The Morgan fingerprint density at radius 1 is 1.06 bits per heavy atom. The topological polar surface area (TPSA) is 77.1 Å². The molecular weight excluding hydrogens is 496 g/mol. The minimum absolute atomic E-state index is 0.111. The second-order valence-electron chi connectivity index (χ2n) is 8.26. The number of nitrogens with zero attached hydrogens (tertiary/aromatic N) is 1. The lowest BCUT2D eigenvalue weighted by Gasteiger charge is -2.14. The van der Waals surface area contributed by atoms with Crippen LogP contribution in [0.5, 0.6) is 17.2 Å². The highest BCUT2D eigenvalue weighted by atomic mass is 32.2. The van der Waals surface area contributed by atoms with Crippen LogP contribution in [0, 0.1) is 13.8 Å². The summed E-state index contributed by atoms with van der Waals surface area (Å²) in [6.07, 6.45) is 1.78. The third kappa shape index (κ3) is 5.07.